The van der Waals surface area contributed by atoms with E-state index < -0.39 is 0 Å². The van der Waals surface area contributed by atoms with Crippen molar-refractivity contribution in [2.75, 3.05) is 0 Å². The molecule has 0 aliphatic heterocycles. The number of rotatable bonds is 5. The predicted octanol–water partition coefficient (Wildman–Crippen LogP) is 3.21. The molecule has 0 aliphatic carbocycles. The van der Waals surface area contributed by atoms with E-state index in [0.29, 0.717) is 6.42 Å². The topological polar surface area (TPSA) is 17.1 Å². The van der Waals surface area contributed by atoms with Crippen LogP contribution in [0.15, 0.2) is 48.6 Å². The first-order valence-corrected chi connectivity index (χ1v) is 4.46. The summed E-state index contributed by atoms with van der Waals surface area (Å²) in [6.45, 7) is 3.82. The minimum absolute atomic E-state index is 0.155. The third-order valence-electron chi connectivity index (χ3n) is 1.38. The van der Waals surface area contributed by atoms with Crippen molar-refractivity contribution in [1.82, 2.24) is 0 Å². The van der Waals surface area contributed by atoms with E-state index in [9.17, 15) is 4.79 Å². The van der Waals surface area contributed by atoms with Gasteiger partial charge in [-0.2, -0.15) is 0 Å². The fraction of sp³-hybridized carbons (Fsp3) is 0.250. The molecule has 0 unspecified atom stereocenters. The van der Waals surface area contributed by atoms with E-state index in [1.165, 1.54) is 0 Å². The van der Waals surface area contributed by atoms with Crippen molar-refractivity contribution in [1.29, 1.82) is 0 Å². The maximum atomic E-state index is 10.8. The maximum absolute atomic E-state index is 10.8. The Morgan fingerprint density at radius 1 is 1.00 bits per heavy atom. The Morgan fingerprint density at radius 3 is 2.08 bits per heavy atom. The molecule has 0 atom stereocenters. The Hall–Kier alpha value is -1.37. The normalized spacial score (nSPS) is 12.8. The first-order valence-electron chi connectivity index (χ1n) is 4.46. The zero-order valence-corrected chi connectivity index (χ0v) is 8.23. The van der Waals surface area contributed by atoms with E-state index in [2.05, 4.69) is 0 Å². The monoisotopic (exact) mass is 176 g/mol. The highest BCUT2D eigenvalue weighted by atomic mass is 16.1. The van der Waals surface area contributed by atoms with Crippen LogP contribution in [0.3, 0.4) is 0 Å². The van der Waals surface area contributed by atoms with Crippen LogP contribution in [0.1, 0.15) is 20.3 Å². The first-order chi connectivity index (χ1) is 6.31. The van der Waals surface area contributed by atoms with Crippen molar-refractivity contribution in [3.05, 3.63) is 48.6 Å². The molecule has 0 aliphatic rings. The summed E-state index contributed by atoms with van der Waals surface area (Å²) in [6, 6.07) is 0. The molecule has 0 fully saturated rings. The van der Waals surface area contributed by atoms with Gasteiger partial charge in [0.25, 0.3) is 0 Å². The molecular formula is C12H16O. The van der Waals surface area contributed by atoms with E-state index in [-0.39, 0.29) is 5.78 Å². The zero-order valence-electron chi connectivity index (χ0n) is 8.23. The lowest BCUT2D eigenvalue weighted by atomic mass is 10.3. The minimum atomic E-state index is 0.155. The molecule has 0 aromatic rings. The summed E-state index contributed by atoms with van der Waals surface area (Å²) in [7, 11) is 0. The van der Waals surface area contributed by atoms with Crippen LogP contribution in [-0.2, 0) is 4.79 Å². The lowest BCUT2D eigenvalue weighted by Crippen LogP contribution is -1.85. The van der Waals surface area contributed by atoms with Gasteiger partial charge in [-0.15, -0.1) is 0 Å². The maximum Gasteiger partial charge on any atom is 0.155 e. The molecule has 0 aromatic carbocycles. The Morgan fingerprint density at radius 2 is 1.54 bits per heavy atom. The van der Waals surface area contributed by atoms with Crippen LogP contribution in [-0.4, -0.2) is 5.78 Å². The van der Waals surface area contributed by atoms with Gasteiger partial charge in [-0.25, -0.2) is 0 Å². The highest BCUT2D eigenvalue weighted by Crippen LogP contribution is 1.85. The number of carbonyl (C=O) groups is 1. The van der Waals surface area contributed by atoms with Gasteiger partial charge in [-0.3, -0.25) is 4.79 Å². The molecule has 0 aromatic heterocycles. The SMILES string of the molecule is C/C=C/C=C\C=C\C=C\C(=O)CC. The third kappa shape index (κ3) is 8.54. The van der Waals surface area contributed by atoms with Gasteiger partial charge in [-0.1, -0.05) is 49.5 Å². The highest BCUT2D eigenvalue weighted by Gasteiger charge is 1.85. The summed E-state index contributed by atoms with van der Waals surface area (Å²) in [4.78, 5) is 10.8. The molecule has 0 N–H and O–H groups in total. The zero-order chi connectivity index (χ0) is 9.94. The molecule has 13 heavy (non-hydrogen) atoms. The molecule has 0 spiro atoms. The Balaban J connectivity index is 3.75. The van der Waals surface area contributed by atoms with E-state index >= 15 is 0 Å². The lowest BCUT2D eigenvalue weighted by molar-refractivity contribution is -0.114. The largest absolute Gasteiger partial charge is 0.295 e. The molecule has 0 saturated carbocycles. The van der Waals surface area contributed by atoms with Gasteiger partial charge in [0.1, 0.15) is 0 Å². The van der Waals surface area contributed by atoms with Crippen LogP contribution in [0.25, 0.3) is 0 Å². The van der Waals surface area contributed by atoms with Gasteiger partial charge in [-0.05, 0) is 13.0 Å². The molecule has 0 radical (unpaired) electrons. The second kappa shape index (κ2) is 8.72. The Bertz CT molecular complexity index is 242. The van der Waals surface area contributed by atoms with E-state index in [4.69, 9.17) is 0 Å². The summed E-state index contributed by atoms with van der Waals surface area (Å²) in [5.41, 5.74) is 0. The molecule has 0 saturated heterocycles. The van der Waals surface area contributed by atoms with Crippen LogP contribution >= 0.6 is 0 Å². The van der Waals surface area contributed by atoms with E-state index in [0.717, 1.165) is 0 Å². The summed E-state index contributed by atoms with van der Waals surface area (Å²) in [5.74, 6) is 0.155. The lowest BCUT2D eigenvalue weighted by Gasteiger charge is -1.80. The summed E-state index contributed by atoms with van der Waals surface area (Å²) < 4.78 is 0. The van der Waals surface area contributed by atoms with Crippen molar-refractivity contribution >= 4 is 5.78 Å². The second-order valence-electron chi connectivity index (χ2n) is 2.47. The fourth-order valence-electron chi connectivity index (χ4n) is 0.648. The average molecular weight is 176 g/mol. The minimum Gasteiger partial charge on any atom is -0.295 e. The standard InChI is InChI=1S/C12H16O/c1-3-5-6-7-8-9-10-11-12(13)4-2/h3,5-11H,4H2,1-2H3/b5-3+,7-6-,9-8+,11-10+. The van der Waals surface area contributed by atoms with Crippen molar-refractivity contribution in [3.8, 4) is 0 Å². The molecule has 0 amide bonds. The molecule has 0 rings (SSSR count). The number of allylic oxidation sites excluding steroid dienone is 8. The number of hydrogen-bond donors (Lipinski definition) is 0. The van der Waals surface area contributed by atoms with Crippen LogP contribution in [0.2, 0.25) is 0 Å². The van der Waals surface area contributed by atoms with E-state index in [1.807, 2.05) is 50.3 Å². The van der Waals surface area contributed by atoms with Crippen molar-refractivity contribution < 1.29 is 4.79 Å². The number of hydrogen-bond acceptors (Lipinski definition) is 1. The van der Waals surface area contributed by atoms with Crippen molar-refractivity contribution in [2.45, 2.75) is 20.3 Å². The van der Waals surface area contributed by atoms with Crippen molar-refractivity contribution in [3.63, 3.8) is 0 Å². The Kier molecular flexibility index (Phi) is 7.80. The van der Waals surface area contributed by atoms with Gasteiger partial charge in [0.15, 0.2) is 5.78 Å². The summed E-state index contributed by atoms with van der Waals surface area (Å²) in [6.07, 6.45) is 15.4. The van der Waals surface area contributed by atoms with Gasteiger partial charge < -0.3 is 0 Å². The second-order valence-corrected chi connectivity index (χ2v) is 2.47. The van der Waals surface area contributed by atoms with Crippen molar-refractivity contribution in [2.24, 2.45) is 0 Å². The fourth-order valence-corrected chi connectivity index (χ4v) is 0.648. The summed E-state index contributed by atoms with van der Waals surface area (Å²) >= 11 is 0. The van der Waals surface area contributed by atoms with Crippen LogP contribution < -0.4 is 0 Å². The third-order valence-corrected chi connectivity index (χ3v) is 1.38. The summed E-state index contributed by atoms with van der Waals surface area (Å²) in [5, 5.41) is 0. The molecular weight excluding hydrogens is 160 g/mol. The first kappa shape index (κ1) is 11.6. The van der Waals surface area contributed by atoms with Crippen LogP contribution in [0, 0.1) is 0 Å². The molecule has 0 heterocycles. The van der Waals surface area contributed by atoms with E-state index in [1.54, 1.807) is 12.2 Å². The molecule has 0 bridgehead atoms. The smallest absolute Gasteiger partial charge is 0.155 e. The van der Waals surface area contributed by atoms with Crippen LogP contribution in [0.4, 0.5) is 0 Å². The predicted molar refractivity (Wildman–Crippen MR) is 57.5 cm³/mol. The van der Waals surface area contributed by atoms with Gasteiger partial charge in [0.05, 0.1) is 0 Å². The van der Waals surface area contributed by atoms with Gasteiger partial charge >= 0.3 is 0 Å². The molecule has 70 valence electrons. The average Bonchev–Trinajstić information content (AvgIpc) is 2.16. The highest BCUT2D eigenvalue weighted by molar-refractivity contribution is 5.89. The van der Waals surface area contributed by atoms with Gasteiger partial charge in [0, 0.05) is 6.42 Å². The van der Waals surface area contributed by atoms with Gasteiger partial charge in [0.2, 0.25) is 0 Å². The molecule has 1 heteroatoms. The number of carbonyl (C=O) groups excluding carboxylic acids is 1. The molecule has 1 nitrogen and oxygen atoms in total. The number of ketones is 1. The Labute approximate surface area is 80.2 Å². The van der Waals surface area contributed by atoms with Crippen LogP contribution in [0.5, 0.6) is 0 Å². The quantitative estimate of drug-likeness (QED) is 0.464.